The Labute approximate surface area is 166 Å². The normalized spacial score (nSPS) is 26.5. The van der Waals surface area contributed by atoms with Crippen molar-refractivity contribution >= 4 is 17.6 Å². The third-order valence-electron chi connectivity index (χ3n) is 5.41. The summed E-state index contributed by atoms with van der Waals surface area (Å²) in [5.74, 6) is -0.645. The van der Waals surface area contributed by atoms with Crippen LogP contribution in [0.1, 0.15) is 75.0 Å². The summed E-state index contributed by atoms with van der Waals surface area (Å²) >= 11 is 6.51. The SMILES string of the molecule is CCCC(O)c1ccc([C@@H]2[C@@H](C/C=C\CCCC(=O)O)[C@@H](Cl)C[C@H]2O)cc1. The van der Waals surface area contributed by atoms with Crippen molar-refractivity contribution in [1.82, 2.24) is 0 Å². The van der Waals surface area contributed by atoms with E-state index in [1.54, 1.807) is 0 Å². The van der Waals surface area contributed by atoms with Gasteiger partial charge in [-0.05, 0) is 49.1 Å². The van der Waals surface area contributed by atoms with Crippen LogP contribution in [0.2, 0.25) is 0 Å². The van der Waals surface area contributed by atoms with E-state index >= 15 is 0 Å². The van der Waals surface area contributed by atoms with Gasteiger partial charge in [-0.15, -0.1) is 11.6 Å². The quantitative estimate of drug-likeness (QED) is 0.303. The van der Waals surface area contributed by atoms with Gasteiger partial charge in [0.2, 0.25) is 0 Å². The number of aliphatic hydroxyl groups excluding tert-OH is 2. The zero-order valence-electron chi connectivity index (χ0n) is 15.9. The van der Waals surface area contributed by atoms with Crippen LogP contribution in [0, 0.1) is 5.92 Å². The first kappa shape index (κ1) is 21.9. The van der Waals surface area contributed by atoms with E-state index in [1.165, 1.54) is 0 Å². The molecule has 0 radical (unpaired) electrons. The maximum atomic E-state index is 10.5. The van der Waals surface area contributed by atoms with Gasteiger partial charge < -0.3 is 15.3 Å². The third kappa shape index (κ3) is 6.34. The lowest BCUT2D eigenvalue weighted by molar-refractivity contribution is -0.137. The Morgan fingerprint density at radius 1 is 1.30 bits per heavy atom. The van der Waals surface area contributed by atoms with Crippen molar-refractivity contribution in [3.8, 4) is 0 Å². The first-order valence-corrected chi connectivity index (χ1v) is 10.3. The fraction of sp³-hybridized carbons (Fsp3) is 0.591. The largest absolute Gasteiger partial charge is 0.481 e. The molecule has 5 atom stereocenters. The average Bonchev–Trinajstić information content (AvgIpc) is 2.91. The lowest BCUT2D eigenvalue weighted by Crippen LogP contribution is -2.18. The highest BCUT2D eigenvalue weighted by Gasteiger charge is 2.41. The second kappa shape index (κ2) is 10.8. The summed E-state index contributed by atoms with van der Waals surface area (Å²) in [6.07, 6.45) is 7.73. The Bertz CT molecular complexity index is 613. The van der Waals surface area contributed by atoms with Crippen molar-refractivity contribution in [1.29, 1.82) is 0 Å². The van der Waals surface area contributed by atoms with E-state index in [1.807, 2.05) is 37.3 Å². The van der Waals surface area contributed by atoms with E-state index in [-0.39, 0.29) is 23.6 Å². The van der Waals surface area contributed by atoms with Gasteiger partial charge in [0.15, 0.2) is 0 Å². The van der Waals surface area contributed by atoms with Crippen molar-refractivity contribution in [2.24, 2.45) is 5.92 Å². The number of carboxylic acids is 1. The number of hydrogen-bond donors (Lipinski definition) is 3. The lowest BCUT2D eigenvalue weighted by Gasteiger charge is -2.23. The Morgan fingerprint density at radius 2 is 2.00 bits per heavy atom. The van der Waals surface area contributed by atoms with Crippen molar-refractivity contribution in [2.45, 2.75) is 75.4 Å². The average molecular weight is 395 g/mol. The predicted octanol–water partition coefficient (Wildman–Crippen LogP) is 4.79. The first-order valence-electron chi connectivity index (χ1n) is 9.90. The number of unbranched alkanes of at least 4 members (excludes halogenated alkanes) is 1. The third-order valence-corrected chi connectivity index (χ3v) is 5.91. The van der Waals surface area contributed by atoms with E-state index in [2.05, 4.69) is 6.08 Å². The Morgan fingerprint density at radius 3 is 2.63 bits per heavy atom. The van der Waals surface area contributed by atoms with Gasteiger partial charge in [0.1, 0.15) is 0 Å². The molecule has 1 fully saturated rings. The number of allylic oxidation sites excluding steroid dienone is 2. The van der Waals surface area contributed by atoms with Crippen molar-refractivity contribution < 1.29 is 20.1 Å². The molecule has 3 N–H and O–H groups in total. The highest BCUT2D eigenvalue weighted by molar-refractivity contribution is 6.21. The molecule has 1 aromatic carbocycles. The second-order valence-corrected chi connectivity index (χ2v) is 8.03. The summed E-state index contributed by atoms with van der Waals surface area (Å²) in [4.78, 5) is 10.5. The molecule has 0 amide bonds. The zero-order chi connectivity index (χ0) is 19.8. The van der Waals surface area contributed by atoms with E-state index < -0.39 is 18.2 Å². The van der Waals surface area contributed by atoms with Crippen molar-refractivity contribution in [2.75, 3.05) is 0 Å². The van der Waals surface area contributed by atoms with E-state index in [0.29, 0.717) is 12.8 Å². The van der Waals surface area contributed by atoms with Crippen LogP contribution in [0.15, 0.2) is 36.4 Å². The molecule has 0 bridgehead atoms. The fourth-order valence-electron chi connectivity index (χ4n) is 3.95. The van der Waals surface area contributed by atoms with Gasteiger partial charge in [-0.3, -0.25) is 4.79 Å². The molecule has 0 saturated heterocycles. The maximum Gasteiger partial charge on any atom is 0.303 e. The Hall–Kier alpha value is -1.36. The molecule has 1 saturated carbocycles. The molecular formula is C22H31ClO4. The zero-order valence-corrected chi connectivity index (χ0v) is 16.7. The van der Waals surface area contributed by atoms with Gasteiger partial charge >= 0.3 is 5.97 Å². The molecule has 150 valence electrons. The molecule has 1 aliphatic rings. The monoisotopic (exact) mass is 394 g/mol. The number of rotatable bonds is 10. The first-order chi connectivity index (χ1) is 12.9. The number of halogens is 1. The molecule has 0 aromatic heterocycles. The van der Waals surface area contributed by atoms with Gasteiger partial charge in [-0.2, -0.15) is 0 Å². The topological polar surface area (TPSA) is 77.8 Å². The van der Waals surface area contributed by atoms with E-state index in [4.69, 9.17) is 16.7 Å². The standard InChI is InChI=1S/C22H31ClO4/c1-2-7-19(24)15-10-12-16(13-11-15)22-17(18(23)14-20(22)25)8-5-3-4-6-9-21(26)27/h3,5,10-13,17-20,22,24-25H,2,4,6-9,14H2,1H3,(H,26,27)/b5-3-/t17-,18-,19?,20+,22+/m0/s1. The molecule has 0 aliphatic heterocycles. The molecule has 0 spiro atoms. The number of carbonyl (C=O) groups is 1. The summed E-state index contributed by atoms with van der Waals surface area (Å²) in [5, 5.41) is 29.2. The van der Waals surface area contributed by atoms with Crippen LogP contribution in [-0.2, 0) is 4.79 Å². The molecule has 1 aromatic rings. The molecule has 4 nitrogen and oxygen atoms in total. The summed E-state index contributed by atoms with van der Waals surface area (Å²) in [7, 11) is 0. The molecule has 1 unspecified atom stereocenters. The molecule has 27 heavy (non-hydrogen) atoms. The lowest BCUT2D eigenvalue weighted by atomic mass is 9.84. The van der Waals surface area contributed by atoms with Gasteiger partial charge in [-0.25, -0.2) is 0 Å². The number of alkyl halides is 1. The number of benzene rings is 1. The maximum absolute atomic E-state index is 10.5. The minimum absolute atomic E-state index is 0.0199. The van der Waals surface area contributed by atoms with Crippen LogP contribution in [0.25, 0.3) is 0 Å². The number of carboxylic acid groups (broad SMARTS) is 1. The number of aliphatic hydroxyl groups is 2. The van der Waals surface area contributed by atoms with Crippen LogP contribution >= 0.6 is 11.6 Å². The van der Waals surface area contributed by atoms with Crippen LogP contribution in [0.4, 0.5) is 0 Å². The Balaban J connectivity index is 2.00. The summed E-state index contributed by atoms with van der Waals surface area (Å²) in [6.45, 7) is 2.05. The Kier molecular flexibility index (Phi) is 8.81. The number of hydrogen-bond acceptors (Lipinski definition) is 3. The van der Waals surface area contributed by atoms with E-state index in [9.17, 15) is 15.0 Å². The second-order valence-electron chi connectivity index (χ2n) is 7.47. The summed E-state index contributed by atoms with van der Waals surface area (Å²) in [6, 6.07) is 7.90. The molecule has 5 heteroatoms. The van der Waals surface area contributed by atoms with Gasteiger partial charge in [0, 0.05) is 17.7 Å². The highest BCUT2D eigenvalue weighted by atomic mass is 35.5. The highest BCUT2D eigenvalue weighted by Crippen LogP contribution is 2.44. The minimum atomic E-state index is -0.768. The van der Waals surface area contributed by atoms with E-state index in [0.717, 1.165) is 36.8 Å². The number of aliphatic carboxylic acids is 1. The molecule has 2 rings (SSSR count). The van der Waals surface area contributed by atoms with Gasteiger partial charge in [0.05, 0.1) is 12.2 Å². The van der Waals surface area contributed by atoms with Gasteiger partial charge in [0.25, 0.3) is 0 Å². The summed E-state index contributed by atoms with van der Waals surface area (Å²) < 4.78 is 0. The fourth-order valence-corrected chi connectivity index (χ4v) is 4.39. The predicted molar refractivity (Wildman–Crippen MR) is 108 cm³/mol. The smallest absolute Gasteiger partial charge is 0.303 e. The molecular weight excluding hydrogens is 364 g/mol. The van der Waals surface area contributed by atoms with Crippen molar-refractivity contribution in [3.05, 3.63) is 47.5 Å². The van der Waals surface area contributed by atoms with Crippen LogP contribution in [0.3, 0.4) is 0 Å². The summed E-state index contributed by atoms with van der Waals surface area (Å²) in [5.41, 5.74) is 1.97. The van der Waals surface area contributed by atoms with Crippen LogP contribution in [-0.4, -0.2) is 32.8 Å². The molecule has 1 aliphatic carbocycles. The van der Waals surface area contributed by atoms with Crippen LogP contribution < -0.4 is 0 Å². The minimum Gasteiger partial charge on any atom is -0.481 e. The van der Waals surface area contributed by atoms with Crippen LogP contribution in [0.5, 0.6) is 0 Å². The molecule has 0 heterocycles. The van der Waals surface area contributed by atoms with Crippen molar-refractivity contribution in [3.63, 3.8) is 0 Å². The van der Waals surface area contributed by atoms with Gasteiger partial charge in [-0.1, -0.05) is 49.8 Å².